The Morgan fingerprint density at radius 2 is 2.06 bits per heavy atom. The minimum absolute atomic E-state index is 0.542. The second kappa shape index (κ2) is 7.24. The van der Waals surface area contributed by atoms with Gasteiger partial charge in [0.25, 0.3) is 0 Å². The van der Waals surface area contributed by atoms with Crippen LogP contribution in [0.25, 0.3) is 0 Å². The van der Waals surface area contributed by atoms with Crippen LogP contribution >= 0.6 is 0 Å². The molecule has 4 heteroatoms. The molecule has 0 radical (unpaired) electrons. The largest absolute Gasteiger partial charge is 0.497 e. The molecule has 18 heavy (non-hydrogen) atoms. The first-order valence-corrected chi connectivity index (χ1v) is 6.18. The quantitative estimate of drug-likeness (QED) is 0.755. The average Bonchev–Trinajstić information content (AvgIpc) is 2.33. The van der Waals surface area contributed by atoms with Crippen molar-refractivity contribution in [1.82, 2.24) is 4.90 Å². The van der Waals surface area contributed by atoms with E-state index in [1.54, 1.807) is 14.0 Å². The zero-order chi connectivity index (χ0) is 13.5. The van der Waals surface area contributed by atoms with E-state index < -0.39 is 6.10 Å². The maximum atomic E-state index is 9.68. The van der Waals surface area contributed by atoms with Crippen molar-refractivity contribution in [3.8, 4) is 11.5 Å². The third kappa shape index (κ3) is 4.55. The van der Waals surface area contributed by atoms with Crippen molar-refractivity contribution in [3.63, 3.8) is 0 Å². The van der Waals surface area contributed by atoms with Crippen LogP contribution in [0.3, 0.4) is 0 Å². The fourth-order valence-electron chi connectivity index (χ4n) is 1.67. The molecule has 0 amide bonds. The summed E-state index contributed by atoms with van der Waals surface area (Å²) in [5.74, 6) is 1.44. The molecule has 1 rings (SSSR count). The summed E-state index contributed by atoms with van der Waals surface area (Å²) in [6.07, 6.45) is 0.406. The Hall–Kier alpha value is -1.26. The molecule has 0 aliphatic heterocycles. The fraction of sp³-hybridized carbons (Fsp3) is 0.571. The van der Waals surface area contributed by atoms with Crippen molar-refractivity contribution in [2.75, 3.05) is 34.4 Å². The number of hydrogen-bond acceptors (Lipinski definition) is 4. The Bertz CT molecular complexity index is 364. The van der Waals surface area contributed by atoms with Crippen LogP contribution in [0, 0.1) is 0 Å². The van der Waals surface area contributed by atoms with Gasteiger partial charge in [-0.15, -0.1) is 0 Å². The number of rotatable bonds is 7. The van der Waals surface area contributed by atoms with Crippen molar-refractivity contribution >= 4 is 0 Å². The van der Waals surface area contributed by atoms with E-state index in [0.29, 0.717) is 12.4 Å². The van der Waals surface area contributed by atoms with Crippen LogP contribution in [0.1, 0.15) is 25.0 Å². The number of methoxy groups -OCH3 is 1. The lowest BCUT2D eigenvalue weighted by atomic mass is 10.1. The molecule has 0 aliphatic carbocycles. The van der Waals surface area contributed by atoms with Crippen molar-refractivity contribution in [3.05, 3.63) is 23.8 Å². The first-order valence-electron chi connectivity index (χ1n) is 6.18. The van der Waals surface area contributed by atoms with Gasteiger partial charge in [-0.05, 0) is 39.6 Å². The van der Waals surface area contributed by atoms with Crippen LogP contribution in [0.5, 0.6) is 11.5 Å². The van der Waals surface area contributed by atoms with E-state index >= 15 is 0 Å². The van der Waals surface area contributed by atoms with E-state index in [-0.39, 0.29) is 0 Å². The fourth-order valence-corrected chi connectivity index (χ4v) is 1.67. The predicted molar refractivity (Wildman–Crippen MR) is 72.3 cm³/mol. The summed E-state index contributed by atoms with van der Waals surface area (Å²) in [4.78, 5) is 2.12. The smallest absolute Gasteiger partial charge is 0.128 e. The highest BCUT2D eigenvalue weighted by molar-refractivity contribution is 5.41. The van der Waals surface area contributed by atoms with Crippen LogP contribution in [0.2, 0.25) is 0 Å². The molecule has 102 valence electrons. The molecule has 0 saturated carbocycles. The molecule has 0 aromatic heterocycles. The van der Waals surface area contributed by atoms with E-state index in [9.17, 15) is 5.11 Å². The maximum absolute atomic E-state index is 9.68. The van der Waals surface area contributed by atoms with Crippen molar-refractivity contribution < 1.29 is 14.6 Å². The Kier molecular flexibility index (Phi) is 5.95. The summed E-state index contributed by atoms with van der Waals surface area (Å²) < 4.78 is 10.9. The third-order valence-electron chi connectivity index (χ3n) is 2.68. The zero-order valence-corrected chi connectivity index (χ0v) is 11.6. The van der Waals surface area contributed by atoms with E-state index in [4.69, 9.17) is 9.47 Å². The first-order chi connectivity index (χ1) is 8.54. The van der Waals surface area contributed by atoms with Crippen LogP contribution < -0.4 is 9.47 Å². The minimum atomic E-state index is -0.542. The average molecular weight is 253 g/mol. The van der Waals surface area contributed by atoms with Gasteiger partial charge in [-0.25, -0.2) is 0 Å². The molecule has 0 saturated heterocycles. The Morgan fingerprint density at radius 3 is 2.61 bits per heavy atom. The highest BCUT2D eigenvalue weighted by Gasteiger charge is 2.10. The Labute approximate surface area is 109 Å². The monoisotopic (exact) mass is 253 g/mol. The van der Waals surface area contributed by atoms with E-state index in [1.165, 1.54) is 0 Å². The predicted octanol–water partition coefficient (Wildman–Crippen LogP) is 2.08. The normalized spacial score (nSPS) is 12.6. The topological polar surface area (TPSA) is 41.9 Å². The molecule has 0 aliphatic rings. The Balaban J connectivity index is 2.66. The summed E-state index contributed by atoms with van der Waals surface area (Å²) in [7, 11) is 5.69. The van der Waals surface area contributed by atoms with E-state index in [1.807, 2.05) is 32.3 Å². The van der Waals surface area contributed by atoms with Crippen LogP contribution in [-0.2, 0) is 0 Å². The number of nitrogens with zero attached hydrogens (tertiary/aromatic N) is 1. The number of aliphatic hydroxyl groups is 1. The molecule has 0 fully saturated rings. The van der Waals surface area contributed by atoms with Gasteiger partial charge in [0, 0.05) is 18.2 Å². The lowest BCUT2D eigenvalue weighted by Gasteiger charge is -2.15. The third-order valence-corrected chi connectivity index (χ3v) is 2.68. The van der Waals surface area contributed by atoms with Crippen molar-refractivity contribution in [2.24, 2.45) is 0 Å². The molecule has 0 unspecified atom stereocenters. The lowest BCUT2D eigenvalue weighted by molar-refractivity contribution is 0.189. The van der Waals surface area contributed by atoms with Crippen molar-refractivity contribution in [1.29, 1.82) is 0 Å². The van der Waals surface area contributed by atoms with Gasteiger partial charge in [0.1, 0.15) is 11.5 Å². The van der Waals surface area contributed by atoms with Crippen LogP contribution in [0.15, 0.2) is 18.2 Å². The second-order valence-electron chi connectivity index (χ2n) is 4.59. The summed E-state index contributed by atoms with van der Waals surface area (Å²) in [5, 5.41) is 9.68. The lowest BCUT2D eigenvalue weighted by Crippen LogP contribution is -2.15. The molecule has 1 atom stereocenters. The van der Waals surface area contributed by atoms with Gasteiger partial charge in [-0.1, -0.05) is 0 Å². The van der Waals surface area contributed by atoms with Gasteiger partial charge in [-0.2, -0.15) is 0 Å². The molecule has 1 N–H and O–H groups in total. The first kappa shape index (κ1) is 14.8. The van der Waals surface area contributed by atoms with E-state index in [0.717, 1.165) is 24.3 Å². The van der Waals surface area contributed by atoms with Crippen LogP contribution in [-0.4, -0.2) is 44.4 Å². The standard InChI is InChI=1S/C14H23NO3/c1-11(16)13-7-6-12(17-4)10-14(13)18-9-5-8-15(2)3/h6-7,10-11,16H,5,8-9H2,1-4H3/t11-/m1/s1. The summed E-state index contributed by atoms with van der Waals surface area (Å²) in [5.41, 5.74) is 0.792. The SMILES string of the molecule is COc1ccc([C@@H](C)O)c(OCCCN(C)C)c1. The van der Waals surface area contributed by atoms with Crippen LogP contribution in [0.4, 0.5) is 0 Å². The highest BCUT2D eigenvalue weighted by Crippen LogP contribution is 2.29. The molecule has 0 bridgehead atoms. The summed E-state index contributed by atoms with van der Waals surface area (Å²) >= 11 is 0. The summed E-state index contributed by atoms with van der Waals surface area (Å²) in [6, 6.07) is 5.48. The van der Waals surface area contributed by atoms with Gasteiger partial charge in [0.15, 0.2) is 0 Å². The summed E-state index contributed by atoms with van der Waals surface area (Å²) in [6.45, 7) is 3.34. The molecule has 0 spiro atoms. The number of hydrogen-bond donors (Lipinski definition) is 1. The van der Waals surface area contributed by atoms with E-state index in [2.05, 4.69) is 4.90 Å². The minimum Gasteiger partial charge on any atom is -0.497 e. The maximum Gasteiger partial charge on any atom is 0.128 e. The second-order valence-corrected chi connectivity index (χ2v) is 4.59. The zero-order valence-electron chi connectivity index (χ0n) is 11.6. The Morgan fingerprint density at radius 1 is 1.33 bits per heavy atom. The molecule has 1 aromatic rings. The number of benzene rings is 1. The van der Waals surface area contributed by atoms with Gasteiger partial charge in [0.05, 0.1) is 19.8 Å². The molecule has 0 heterocycles. The van der Waals surface area contributed by atoms with Crippen molar-refractivity contribution in [2.45, 2.75) is 19.4 Å². The number of ether oxygens (including phenoxy) is 2. The number of aliphatic hydroxyl groups excluding tert-OH is 1. The molecular formula is C14H23NO3. The van der Waals surface area contributed by atoms with Gasteiger partial charge < -0.3 is 19.5 Å². The van der Waals surface area contributed by atoms with Gasteiger partial charge in [-0.3, -0.25) is 0 Å². The van der Waals surface area contributed by atoms with Gasteiger partial charge in [0.2, 0.25) is 0 Å². The molecule has 1 aromatic carbocycles. The highest BCUT2D eigenvalue weighted by atomic mass is 16.5. The molecule has 4 nitrogen and oxygen atoms in total. The molecular weight excluding hydrogens is 230 g/mol. The van der Waals surface area contributed by atoms with Gasteiger partial charge >= 0.3 is 0 Å².